The van der Waals surface area contributed by atoms with Crippen LogP contribution in [0.5, 0.6) is 0 Å². The summed E-state index contributed by atoms with van der Waals surface area (Å²) < 4.78 is 27.1. The number of nitrogens with one attached hydrogen (secondary N) is 1. The number of sulfonamides is 1. The van der Waals surface area contributed by atoms with Crippen LogP contribution in [0, 0.1) is 13.8 Å². The molecular formula is C14H24N2O2S. The van der Waals surface area contributed by atoms with Crippen LogP contribution in [0.15, 0.2) is 23.1 Å². The molecule has 0 saturated carbocycles. The Bertz CT molecular complexity index is 508. The molecule has 0 aromatic heterocycles. The number of nitrogens with zero attached hydrogens (tertiary/aromatic N) is 1. The SMILES string of the molecule is CCN(CC)CCNS(=O)(=O)c1ccc(C)cc1C. The highest BCUT2D eigenvalue weighted by Crippen LogP contribution is 2.15. The van der Waals surface area contributed by atoms with Crippen LogP contribution in [0.2, 0.25) is 0 Å². The second-order valence-corrected chi connectivity index (χ2v) is 6.43. The van der Waals surface area contributed by atoms with E-state index in [1.807, 2.05) is 26.0 Å². The highest BCUT2D eigenvalue weighted by atomic mass is 32.2. The molecule has 0 aliphatic carbocycles. The lowest BCUT2D eigenvalue weighted by Crippen LogP contribution is -2.35. The summed E-state index contributed by atoms with van der Waals surface area (Å²) in [5.41, 5.74) is 1.86. The summed E-state index contributed by atoms with van der Waals surface area (Å²) in [6.07, 6.45) is 0. The van der Waals surface area contributed by atoms with Gasteiger partial charge in [0.15, 0.2) is 0 Å². The highest BCUT2D eigenvalue weighted by molar-refractivity contribution is 7.89. The Morgan fingerprint density at radius 2 is 1.79 bits per heavy atom. The molecule has 0 atom stereocenters. The van der Waals surface area contributed by atoms with E-state index in [-0.39, 0.29) is 0 Å². The van der Waals surface area contributed by atoms with Crippen LogP contribution in [-0.2, 0) is 10.0 Å². The molecule has 0 bridgehead atoms. The predicted molar refractivity (Wildman–Crippen MR) is 78.9 cm³/mol. The third-order valence-electron chi connectivity index (χ3n) is 3.23. The molecule has 1 aromatic rings. The van der Waals surface area contributed by atoms with Crippen molar-refractivity contribution in [3.05, 3.63) is 29.3 Å². The van der Waals surface area contributed by atoms with Crippen LogP contribution < -0.4 is 4.72 Å². The van der Waals surface area contributed by atoms with Crippen molar-refractivity contribution in [1.29, 1.82) is 0 Å². The van der Waals surface area contributed by atoms with E-state index in [9.17, 15) is 8.42 Å². The number of rotatable bonds is 7. The van der Waals surface area contributed by atoms with Crippen molar-refractivity contribution in [1.82, 2.24) is 9.62 Å². The maximum Gasteiger partial charge on any atom is 0.240 e. The first kappa shape index (κ1) is 16.1. The van der Waals surface area contributed by atoms with Gasteiger partial charge in [0.1, 0.15) is 0 Å². The van der Waals surface area contributed by atoms with Crippen molar-refractivity contribution >= 4 is 10.0 Å². The topological polar surface area (TPSA) is 49.4 Å². The number of benzene rings is 1. The minimum absolute atomic E-state index is 0.373. The largest absolute Gasteiger partial charge is 0.303 e. The van der Waals surface area contributed by atoms with E-state index in [0.717, 1.165) is 30.8 Å². The van der Waals surface area contributed by atoms with Gasteiger partial charge >= 0.3 is 0 Å². The molecule has 0 unspecified atom stereocenters. The maximum absolute atomic E-state index is 12.2. The molecule has 1 N–H and O–H groups in total. The molecule has 0 radical (unpaired) electrons. The molecule has 1 rings (SSSR count). The zero-order valence-electron chi connectivity index (χ0n) is 12.2. The van der Waals surface area contributed by atoms with Gasteiger partial charge < -0.3 is 4.90 Å². The summed E-state index contributed by atoms with van der Waals surface area (Å²) in [5, 5.41) is 0. The van der Waals surface area contributed by atoms with Gasteiger partial charge in [-0.25, -0.2) is 13.1 Å². The minimum atomic E-state index is -3.40. The van der Waals surface area contributed by atoms with Crippen molar-refractivity contribution in [3.8, 4) is 0 Å². The van der Waals surface area contributed by atoms with Gasteiger partial charge in [-0.15, -0.1) is 0 Å². The van der Waals surface area contributed by atoms with E-state index >= 15 is 0 Å². The zero-order valence-corrected chi connectivity index (χ0v) is 13.0. The standard InChI is InChI=1S/C14H24N2O2S/c1-5-16(6-2)10-9-15-19(17,18)14-8-7-12(3)11-13(14)4/h7-8,11,15H,5-6,9-10H2,1-4H3. The van der Waals surface area contributed by atoms with E-state index in [1.54, 1.807) is 6.07 Å². The second-order valence-electron chi connectivity index (χ2n) is 4.69. The number of hydrogen-bond donors (Lipinski definition) is 1. The summed E-state index contributed by atoms with van der Waals surface area (Å²) in [6.45, 7) is 11.0. The van der Waals surface area contributed by atoms with Gasteiger partial charge in [-0.05, 0) is 38.6 Å². The zero-order chi connectivity index (χ0) is 14.5. The number of aryl methyl sites for hydroxylation is 2. The fourth-order valence-corrected chi connectivity index (χ4v) is 3.30. The van der Waals surface area contributed by atoms with E-state index in [4.69, 9.17) is 0 Å². The summed E-state index contributed by atoms with van der Waals surface area (Å²) in [6, 6.07) is 5.38. The van der Waals surface area contributed by atoms with Crippen molar-refractivity contribution in [2.75, 3.05) is 26.2 Å². The number of likely N-dealkylation sites (N-methyl/N-ethyl adjacent to an activating group) is 1. The van der Waals surface area contributed by atoms with Crippen molar-refractivity contribution in [3.63, 3.8) is 0 Å². The summed E-state index contributed by atoms with van der Waals surface area (Å²) >= 11 is 0. The Hall–Kier alpha value is -0.910. The smallest absolute Gasteiger partial charge is 0.240 e. The Balaban J connectivity index is 2.71. The van der Waals surface area contributed by atoms with Gasteiger partial charge in [0.05, 0.1) is 4.90 Å². The third kappa shape index (κ3) is 4.60. The quantitative estimate of drug-likeness (QED) is 0.832. The fraction of sp³-hybridized carbons (Fsp3) is 0.571. The molecule has 108 valence electrons. The molecule has 0 heterocycles. The highest BCUT2D eigenvalue weighted by Gasteiger charge is 2.16. The molecule has 0 saturated heterocycles. The summed E-state index contributed by atoms with van der Waals surface area (Å²) in [4.78, 5) is 2.56. The molecule has 0 amide bonds. The molecule has 0 spiro atoms. The normalized spacial score (nSPS) is 12.1. The van der Waals surface area contributed by atoms with Gasteiger partial charge in [0.25, 0.3) is 0 Å². The van der Waals surface area contributed by atoms with Crippen molar-refractivity contribution in [2.24, 2.45) is 0 Å². The average Bonchev–Trinajstić information content (AvgIpc) is 2.34. The average molecular weight is 284 g/mol. The first-order valence-corrected chi connectivity index (χ1v) is 8.18. The Morgan fingerprint density at radius 3 is 2.32 bits per heavy atom. The first-order chi connectivity index (χ1) is 8.90. The summed E-state index contributed by atoms with van der Waals surface area (Å²) in [7, 11) is -3.40. The molecule has 4 nitrogen and oxygen atoms in total. The molecule has 0 aliphatic rings. The van der Waals surface area contributed by atoms with E-state index in [0.29, 0.717) is 11.4 Å². The van der Waals surface area contributed by atoms with Crippen LogP contribution in [-0.4, -0.2) is 39.5 Å². The number of hydrogen-bond acceptors (Lipinski definition) is 3. The van der Waals surface area contributed by atoms with Crippen LogP contribution in [0.1, 0.15) is 25.0 Å². The fourth-order valence-electron chi connectivity index (χ4n) is 2.06. The minimum Gasteiger partial charge on any atom is -0.303 e. The van der Waals surface area contributed by atoms with Crippen LogP contribution in [0.25, 0.3) is 0 Å². The van der Waals surface area contributed by atoms with Crippen LogP contribution >= 0.6 is 0 Å². The summed E-state index contributed by atoms with van der Waals surface area (Å²) in [5.74, 6) is 0. The second kappa shape index (κ2) is 7.03. The molecule has 0 fully saturated rings. The monoisotopic (exact) mass is 284 g/mol. The van der Waals surface area contributed by atoms with Crippen LogP contribution in [0.4, 0.5) is 0 Å². The lowest BCUT2D eigenvalue weighted by Gasteiger charge is -2.18. The Labute approximate surface area is 116 Å². The predicted octanol–water partition coefficient (Wildman–Crippen LogP) is 1.92. The molecule has 5 heteroatoms. The Kier molecular flexibility index (Phi) is 5.97. The van der Waals surface area contributed by atoms with Gasteiger partial charge in [-0.2, -0.15) is 0 Å². The molecule has 0 aliphatic heterocycles. The van der Waals surface area contributed by atoms with E-state index in [2.05, 4.69) is 23.5 Å². The van der Waals surface area contributed by atoms with Crippen molar-refractivity contribution < 1.29 is 8.42 Å². The lowest BCUT2D eigenvalue weighted by molar-refractivity contribution is 0.309. The molecule has 19 heavy (non-hydrogen) atoms. The third-order valence-corrected chi connectivity index (χ3v) is 4.86. The first-order valence-electron chi connectivity index (χ1n) is 6.70. The Morgan fingerprint density at radius 1 is 1.16 bits per heavy atom. The van der Waals surface area contributed by atoms with E-state index in [1.165, 1.54) is 0 Å². The van der Waals surface area contributed by atoms with Gasteiger partial charge in [0, 0.05) is 13.1 Å². The van der Waals surface area contributed by atoms with E-state index < -0.39 is 10.0 Å². The maximum atomic E-state index is 12.2. The van der Waals surface area contributed by atoms with Crippen molar-refractivity contribution in [2.45, 2.75) is 32.6 Å². The van der Waals surface area contributed by atoms with Crippen LogP contribution in [0.3, 0.4) is 0 Å². The van der Waals surface area contributed by atoms with Gasteiger partial charge in [-0.1, -0.05) is 31.5 Å². The lowest BCUT2D eigenvalue weighted by atomic mass is 10.2. The van der Waals surface area contributed by atoms with Gasteiger partial charge in [-0.3, -0.25) is 0 Å². The molecule has 1 aromatic carbocycles. The van der Waals surface area contributed by atoms with Gasteiger partial charge in [0.2, 0.25) is 10.0 Å². The molecular weight excluding hydrogens is 260 g/mol.